The zero-order chi connectivity index (χ0) is 22.0. The molecule has 1 aromatic carbocycles. The van der Waals surface area contributed by atoms with Crippen molar-refractivity contribution in [2.24, 2.45) is 5.92 Å². The summed E-state index contributed by atoms with van der Waals surface area (Å²) in [6.45, 7) is 6.19. The van der Waals surface area contributed by atoms with Gasteiger partial charge in [0.1, 0.15) is 21.8 Å². The Morgan fingerprint density at radius 1 is 1.42 bits per heavy atom. The van der Waals surface area contributed by atoms with Gasteiger partial charge in [0.2, 0.25) is 5.91 Å². The second kappa shape index (κ2) is 9.58. The van der Waals surface area contributed by atoms with Crippen molar-refractivity contribution in [3.8, 4) is 5.75 Å². The maximum absolute atomic E-state index is 12.6. The molecule has 1 aliphatic heterocycles. The van der Waals surface area contributed by atoms with Crippen LogP contribution in [0.3, 0.4) is 0 Å². The fourth-order valence-corrected chi connectivity index (χ4v) is 5.65. The number of carbonyl (C=O) groups is 1. The molecule has 1 aliphatic rings. The van der Waals surface area contributed by atoms with Crippen molar-refractivity contribution >= 4 is 61.8 Å². The summed E-state index contributed by atoms with van der Waals surface area (Å²) in [5.41, 5.74) is 2.15. The molecular formula is C21H24ClN5O2S2. The van der Waals surface area contributed by atoms with Crippen LogP contribution in [0.1, 0.15) is 25.3 Å². The van der Waals surface area contributed by atoms with Crippen LogP contribution in [0.4, 0.5) is 10.8 Å². The van der Waals surface area contributed by atoms with Crippen LogP contribution in [0, 0.1) is 12.8 Å². The number of nitrogens with one attached hydrogen (secondary N) is 1. The molecule has 0 unspecified atom stereocenters. The number of hydrogen-bond acceptors (Lipinski definition) is 8. The third-order valence-electron chi connectivity index (χ3n) is 5.17. The van der Waals surface area contributed by atoms with Crippen molar-refractivity contribution in [3.05, 3.63) is 29.0 Å². The number of aryl methyl sites for hydroxylation is 1. The first-order valence-electron chi connectivity index (χ1n) is 10.1. The van der Waals surface area contributed by atoms with Gasteiger partial charge in [-0.05, 0) is 37.3 Å². The van der Waals surface area contributed by atoms with E-state index < -0.39 is 0 Å². The van der Waals surface area contributed by atoms with Gasteiger partial charge in [-0.15, -0.1) is 0 Å². The summed E-state index contributed by atoms with van der Waals surface area (Å²) in [5, 5.41) is 5.25. The SMILES string of the molecule is COc1cc(Cl)c(C)cc1NC(=O)CSc1ncnc2nc(N3CCC[C@H](C)C3)sc12. The smallest absolute Gasteiger partial charge is 0.234 e. The number of thioether (sulfide) groups is 1. The molecule has 0 aliphatic carbocycles. The number of nitrogens with zero attached hydrogens (tertiary/aromatic N) is 4. The van der Waals surface area contributed by atoms with E-state index in [9.17, 15) is 4.79 Å². The van der Waals surface area contributed by atoms with Gasteiger partial charge in [0.15, 0.2) is 10.8 Å². The van der Waals surface area contributed by atoms with Gasteiger partial charge >= 0.3 is 0 Å². The Bertz CT molecular complexity index is 1110. The minimum absolute atomic E-state index is 0.147. The van der Waals surface area contributed by atoms with Crippen molar-refractivity contribution in [1.29, 1.82) is 0 Å². The molecule has 1 N–H and O–H groups in total. The Labute approximate surface area is 194 Å². The van der Waals surface area contributed by atoms with Crippen molar-refractivity contribution < 1.29 is 9.53 Å². The third kappa shape index (κ3) is 5.05. The molecular weight excluding hydrogens is 454 g/mol. The van der Waals surface area contributed by atoms with Crippen molar-refractivity contribution in [1.82, 2.24) is 15.0 Å². The minimum Gasteiger partial charge on any atom is -0.495 e. The average molecular weight is 478 g/mol. The van der Waals surface area contributed by atoms with Crippen LogP contribution in [0.2, 0.25) is 5.02 Å². The number of piperidine rings is 1. The van der Waals surface area contributed by atoms with Crippen LogP contribution >= 0.6 is 34.7 Å². The molecule has 1 fully saturated rings. The predicted molar refractivity (Wildman–Crippen MR) is 128 cm³/mol. The second-order valence-corrected chi connectivity index (χ2v) is 10.0. The van der Waals surface area contributed by atoms with Gasteiger partial charge in [-0.3, -0.25) is 4.79 Å². The number of carbonyl (C=O) groups excluding carboxylic acids is 1. The fourth-order valence-electron chi connectivity index (χ4n) is 3.57. The van der Waals surface area contributed by atoms with Gasteiger partial charge in [-0.2, -0.15) is 4.98 Å². The monoisotopic (exact) mass is 477 g/mol. The van der Waals surface area contributed by atoms with Crippen LogP contribution in [0.5, 0.6) is 5.75 Å². The summed E-state index contributed by atoms with van der Waals surface area (Å²) >= 11 is 9.13. The number of anilines is 2. The number of aromatic nitrogens is 3. The molecule has 10 heteroatoms. The molecule has 0 bridgehead atoms. The van der Waals surface area contributed by atoms with Gasteiger partial charge < -0.3 is 15.0 Å². The van der Waals surface area contributed by atoms with Gasteiger partial charge in [-0.1, -0.05) is 41.6 Å². The Kier molecular flexibility index (Phi) is 6.83. The lowest BCUT2D eigenvalue weighted by Crippen LogP contribution is -2.34. The van der Waals surface area contributed by atoms with E-state index >= 15 is 0 Å². The first-order valence-corrected chi connectivity index (χ1v) is 12.3. The van der Waals surface area contributed by atoms with Crippen molar-refractivity contribution in [2.75, 3.05) is 36.2 Å². The summed E-state index contributed by atoms with van der Waals surface area (Å²) in [6.07, 6.45) is 3.95. The molecule has 0 saturated carbocycles. The number of fused-ring (bicyclic) bond motifs is 1. The molecule has 1 atom stereocenters. The number of halogens is 1. The predicted octanol–water partition coefficient (Wildman–Crippen LogP) is 5.02. The summed E-state index contributed by atoms with van der Waals surface area (Å²) < 4.78 is 6.26. The Morgan fingerprint density at radius 2 is 2.26 bits per heavy atom. The number of rotatable bonds is 6. The van der Waals surface area contributed by atoms with E-state index in [0.29, 0.717) is 28.0 Å². The molecule has 4 rings (SSSR count). The van der Waals surface area contributed by atoms with E-state index in [1.807, 2.05) is 13.0 Å². The summed E-state index contributed by atoms with van der Waals surface area (Å²) in [7, 11) is 1.55. The van der Waals surface area contributed by atoms with Crippen LogP contribution in [0.25, 0.3) is 10.3 Å². The number of amides is 1. The summed E-state index contributed by atoms with van der Waals surface area (Å²) in [6, 6.07) is 3.51. The van der Waals surface area contributed by atoms with E-state index in [1.165, 1.54) is 30.9 Å². The standard InChI is InChI=1S/C21H24ClN5O2S2/c1-12-5-4-6-27(9-12)21-26-19-18(31-21)20(24-11-23-19)30-10-17(28)25-15-7-13(2)14(22)8-16(15)29-3/h7-8,11-12H,4-6,9-10H2,1-3H3,(H,25,28)/t12-/m0/s1. The number of thiazole rings is 1. The van der Waals surface area contributed by atoms with Gasteiger partial charge in [-0.25, -0.2) is 9.97 Å². The number of hydrogen-bond donors (Lipinski definition) is 1. The molecule has 0 spiro atoms. The molecule has 164 valence electrons. The topological polar surface area (TPSA) is 80.2 Å². The first-order chi connectivity index (χ1) is 14.9. The Morgan fingerprint density at radius 3 is 3.03 bits per heavy atom. The van der Waals surface area contributed by atoms with E-state index in [2.05, 4.69) is 27.1 Å². The van der Waals surface area contributed by atoms with E-state index in [4.69, 9.17) is 21.3 Å². The highest BCUT2D eigenvalue weighted by molar-refractivity contribution is 8.00. The largest absolute Gasteiger partial charge is 0.495 e. The highest BCUT2D eigenvalue weighted by atomic mass is 35.5. The molecule has 2 aromatic heterocycles. The first kappa shape index (κ1) is 22.1. The highest BCUT2D eigenvalue weighted by Crippen LogP contribution is 2.36. The molecule has 0 radical (unpaired) electrons. The van der Waals surface area contributed by atoms with Gasteiger partial charge in [0.05, 0.1) is 18.6 Å². The van der Waals surface area contributed by atoms with Crippen LogP contribution < -0.4 is 15.0 Å². The molecule has 1 saturated heterocycles. The normalized spacial score (nSPS) is 16.5. The van der Waals surface area contributed by atoms with Crippen LogP contribution in [-0.2, 0) is 4.79 Å². The molecule has 7 nitrogen and oxygen atoms in total. The Hall–Kier alpha value is -2.10. The van der Waals surface area contributed by atoms with Gasteiger partial charge in [0, 0.05) is 24.2 Å². The minimum atomic E-state index is -0.147. The van der Waals surface area contributed by atoms with E-state index in [-0.39, 0.29) is 11.7 Å². The van der Waals surface area contributed by atoms with E-state index in [1.54, 1.807) is 24.5 Å². The lowest BCUT2D eigenvalue weighted by atomic mass is 10.0. The number of ether oxygens (including phenoxy) is 1. The highest BCUT2D eigenvalue weighted by Gasteiger charge is 2.21. The lowest BCUT2D eigenvalue weighted by molar-refractivity contribution is -0.113. The molecule has 3 aromatic rings. The maximum Gasteiger partial charge on any atom is 0.234 e. The second-order valence-electron chi connectivity index (χ2n) is 7.66. The molecule has 31 heavy (non-hydrogen) atoms. The molecule has 1 amide bonds. The van der Waals surface area contributed by atoms with Crippen LogP contribution in [-0.4, -0.2) is 46.8 Å². The zero-order valence-electron chi connectivity index (χ0n) is 17.6. The Balaban J connectivity index is 1.46. The summed E-state index contributed by atoms with van der Waals surface area (Å²) in [5.74, 6) is 1.26. The maximum atomic E-state index is 12.6. The number of methoxy groups -OCH3 is 1. The fraction of sp³-hybridized carbons (Fsp3) is 0.429. The quantitative estimate of drug-likeness (QED) is 0.394. The van der Waals surface area contributed by atoms with Crippen molar-refractivity contribution in [3.63, 3.8) is 0 Å². The average Bonchev–Trinajstić information content (AvgIpc) is 3.20. The number of benzene rings is 1. The van der Waals surface area contributed by atoms with Crippen molar-refractivity contribution in [2.45, 2.75) is 31.7 Å². The third-order valence-corrected chi connectivity index (χ3v) is 7.81. The zero-order valence-corrected chi connectivity index (χ0v) is 20.0. The van der Waals surface area contributed by atoms with Crippen LogP contribution in [0.15, 0.2) is 23.5 Å². The van der Waals surface area contributed by atoms with E-state index in [0.717, 1.165) is 33.5 Å². The van der Waals surface area contributed by atoms with Gasteiger partial charge in [0.25, 0.3) is 0 Å². The summed E-state index contributed by atoms with van der Waals surface area (Å²) in [4.78, 5) is 28.4. The lowest BCUT2D eigenvalue weighted by Gasteiger charge is -2.30. The molecule has 3 heterocycles.